The van der Waals surface area contributed by atoms with Gasteiger partial charge in [0.1, 0.15) is 0 Å². The number of esters is 1. The van der Waals surface area contributed by atoms with Gasteiger partial charge in [-0.3, -0.25) is 4.79 Å². The topological polar surface area (TPSA) is 26.3 Å². The third-order valence-corrected chi connectivity index (χ3v) is 6.77. The fourth-order valence-electron chi connectivity index (χ4n) is 4.99. The predicted molar refractivity (Wildman–Crippen MR) is 86.5 cm³/mol. The largest absolute Gasteiger partial charge is 0.465 e. The predicted octanol–water partition coefficient (Wildman–Crippen LogP) is 3.80. The Balaban J connectivity index is 1.29. The number of carbonyl (C=O) groups excluding carboxylic acids is 1. The minimum absolute atomic E-state index is 0.0650. The summed E-state index contributed by atoms with van der Waals surface area (Å²) in [5, 5.41) is 0. The first-order valence-electron chi connectivity index (χ1n) is 8.91. The third kappa shape index (κ3) is 2.28. The summed E-state index contributed by atoms with van der Waals surface area (Å²) in [6, 6.07) is 6.70. The Morgan fingerprint density at radius 3 is 2.59 bits per heavy atom. The van der Waals surface area contributed by atoms with Gasteiger partial charge in [-0.2, -0.15) is 0 Å². The van der Waals surface area contributed by atoms with Crippen molar-refractivity contribution in [1.82, 2.24) is 0 Å². The molecule has 0 radical (unpaired) electrons. The lowest BCUT2D eigenvalue weighted by atomic mass is 9.76. The molecule has 0 aliphatic heterocycles. The van der Waals surface area contributed by atoms with Crippen LogP contribution in [0.1, 0.15) is 43.4 Å². The van der Waals surface area contributed by atoms with Crippen molar-refractivity contribution >= 4 is 5.97 Å². The number of benzene rings is 1. The number of ether oxygens (including phenoxy) is 1. The zero-order valence-electron chi connectivity index (χ0n) is 13.7. The van der Waals surface area contributed by atoms with Crippen LogP contribution in [0.4, 0.5) is 0 Å². The Labute approximate surface area is 133 Å². The molecule has 0 amide bonds. The van der Waals surface area contributed by atoms with Crippen molar-refractivity contribution in [3.05, 3.63) is 34.9 Å². The molecule has 5 atom stereocenters. The molecule has 3 aliphatic carbocycles. The maximum absolute atomic E-state index is 12.4. The quantitative estimate of drug-likeness (QED) is 0.790. The summed E-state index contributed by atoms with van der Waals surface area (Å²) < 4.78 is 5.62. The Bertz CT molecular complexity index is 589. The SMILES string of the molecule is CC1C2CC(C(=O)OCCc3ccc4c(c3)CC4)C(C2)C1C. The van der Waals surface area contributed by atoms with Crippen LogP contribution in [0.25, 0.3) is 0 Å². The normalized spacial score (nSPS) is 35.1. The highest BCUT2D eigenvalue weighted by molar-refractivity contribution is 5.73. The van der Waals surface area contributed by atoms with Crippen LogP contribution in [0.2, 0.25) is 0 Å². The molecule has 0 saturated heterocycles. The lowest BCUT2D eigenvalue weighted by molar-refractivity contribution is -0.151. The summed E-state index contributed by atoms with van der Waals surface area (Å²) in [4.78, 5) is 12.4. The molecule has 0 aromatic heterocycles. The molecule has 1 aromatic rings. The van der Waals surface area contributed by atoms with Gasteiger partial charge in [-0.1, -0.05) is 32.0 Å². The maximum Gasteiger partial charge on any atom is 0.309 e. The molecule has 2 bridgehead atoms. The zero-order valence-corrected chi connectivity index (χ0v) is 13.7. The summed E-state index contributed by atoms with van der Waals surface area (Å²) in [7, 11) is 0. The van der Waals surface area contributed by atoms with Crippen LogP contribution < -0.4 is 0 Å². The summed E-state index contributed by atoms with van der Waals surface area (Å²) in [6.45, 7) is 5.20. The van der Waals surface area contributed by atoms with Crippen molar-refractivity contribution in [2.24, 2.45) is 29.6 Å². The first-order valence-corrected chi connectivity index (χ1v) is 8.91. The van der Waals surface area contributed by atoms with Gasteiger partial charge in [0.05, 0.1) is 12.5 Å². The van der Waals surface area contributed by atoms with Crippen molar-refractivity contribution in [3.8, 4) is 0 Å². The molecule has 2 heteroatoms. The average molecular weight is 298 g/mol. The minimum atomic E-state index is 0.0650. The Kier molecular flexibility index (Phi) is 3.51. The minimum Gasteiger partial charge on any atom is -0.465 e. The zero-order chi connectivity index (χ0) is 15.3. The van der Waals surface area contributed by atoms with Crippen molar-refractivity contribution in [1.29, 1.82) is 0 Å². The Morgan fingerprint density at radius 1 is 1.14 bits per heavy atom. The van der Waals surface area contributed by atoms with Crippen LogP contribution in [-0.4, -0.2) is 12.6 Å². The first kappa shape index (κ1) is 14.3. The highest BCUT2D eigenvalue weighted by Gasteiger charge is 2.51. The second-order valence-electron chi connectivity index (χ2n) is 7.74. The standard InChI is InChI=1S/C20H26O2/c1-12-13(2)18-10-17(12)11-19(18)20(21)22-8-7-14-3-4-15-5-6-16(15)9-14/h3-4,9,12-13,17-19H,5-8,10-11H2,1-2H3. The van der Waals surface area contributed by atoms with Gasteiger partial charge < -0.3 is 4.74 Å². The maximum atomic E-state index is 12.4. The van der Waals surface area contributed by atoms with Crippen molar-refractivity contribution in [2.45, 2.75) is 46.0 Å². The number of hydrogen-bond donors (Lipinski definition) is 0. The highest BCUT2D eigenvalue weighted by Crippen LogP contribution is 2.55. The summed E-state index contributed by atoms with van der Waals surface area (Å²) in [5.74, 6) is 3.04. The van der Waals surface area contributed by atoms with E-state index in [2.05, 4.69) is 32.0 Å². The van der Waals surface area contributed by atoms with Gasteiger partial charge in [0.2, 0.25) is 0 Å². The van der Waals surface area contributed by atoms with E-state index in [1.54, 1.807) is 0 Å². The number of hydrogen-bond acceptors (Lipinski definition) is 2. The Morgan fingerprint density at radius 2 is 1.95 bits per heavy atom. The van der Waals surface area contributed by atoms with Crippen LogP contribution in [0, 0.1) is 29.6 Å². The van der Waals surface area contributed by atoms with Gasteiger partial charge in [-0.15, -0.1) is 0 Å². The van der Waals surface area contributed by atoms with Crippen molar-refractivity contribution in [3.63, 3.8) is 0 Å². The fraction of sp³-hybridized carbons (Fsp3) is 0.650. The monoisotopic (exact) mass is 298 g/mol. The molecule has 5 unspecified atom stereocenters. The molecule has 2 saturated carbocycles. The Hall–Kier alpha value is -1.31. The molecular weight excluding hydrogens is 272 g/mol. The van der Waals surface area contributed by atoms with Crippen LogP contribution in [0.3, 0.4) is 0 Å². The fourth-order valence-corrected chi connectivity index (χ4v) is 4.99. The molecule has 0 heterocycles. The van der Waals surface area contributed by atoms with Gasteiger partial charge in [0, 0.05) is 6.42 Å². The molecular formula is C20H26O2. The molecule has 0 N–H and O–H groups in total. The molecule has 0 spiro atoms. The van der Waals surface area contributed by atoms with Gasteiger partial charge in [0.25, 0.3) is 0 Å². The van der Waals surface area contributed by atoms with E-state index in [4.69, 9.17) is 4.74 Å². The van der Waals surface area contributed by atoms with Gasteiger partial charge in [-0.25, -0.2) is 0 Å². The van der Waals surface area contributed by atoms with Crippen LogP contribution >= 0.6 is 0 Å². The molecule has 4 rings (SSSR count). The molecule has 118 valence electrons. The van der Waals surface area contributed by atoms with Crippen LogP contribution in [-0.2, 0) is 28.8 Å². The van der Waals surface area contributed by atoms with E-state index < -0.39 is 0 Å². The molecule has 2 fully saturated rings. The second kappa shape index (κ2) is 5.40. The van der Waals surface area contributed by atoms with E-state index in [0.29, 0.717) is 18.4 Å². The van der Waals surface area contributed by atoms with E-state index in [-0.39, 0.29) is 11.9 Å². The van der Waals surface area contributed by atoms with Gasteiger partial charge in [-0.05, 0) is 66.0 Å². The number of aryl methyl sites for hydroxylation is 2. The summed E-state index contributed by atoms with van der Waals surface area (Å²) in [6.07, 6.45) is 5.60. The second-order valence-corrected chi connectivity index (χ2v) is 7.74. The van der Waals surface area contributed by atoms with E-state index in [0.717, 1.165) is 24.7 Å². The molecule has 2 nitrogen and oxygen atoms in total. The summed E-state index contributed by atoms with van der Waals surface area (Å²) >= 11 is 0. The lowest BCUT2D eigenvalue weighted by Gasteiger charge is -2.30. The molecule has 3 aliphatic rings. The molecule has 22 heavy (non-hydrogen) atoms. The van der Waals surface area contributed by atoms with E-state index >= 15 is 0 Å². The highest BCUT2D eigenvalue weighted by atomic mass is 16.5. The third-order valence-electron chi connectivity index (χ3n) is 6.77. The number of rotatable bonds is 4. The molecule has 1 aromatic carbocycles. The van der Waals surface area contributed by atoms with Crippen LogP contribution in [0.5, 0.6) is 0 Å². The lowest BCUT2D eigenvalue weighted by Crippen LogP contribution is -2.31. The van der Waals surface area contributed by atoms with E-state index in [9.17, 15) is 4.79 Å². The smallest absolute Gasteiger partial charge is 0.309 e. The average Bonchev–Trinajstić information content (AvgIpc) is 3.03. The van der Waals surface area contributed by atoms with Crippen LogP contribution in [0.15, 0.2) is 18.2 Å². The first-order chi connectivity index (χ1) is 10.6. The number of fused-ring (bicyclic) bond motifs is 3. The van der Waals surface area contributed by atoms with Crippen molar-refractivity contribution < 1.29 is 9.53 Å². The van der Waals surface area contributed by atoms with E-state index in [1.165, 1.54) is 36.0 Å². The van der Waals surface area contributed by atoms with E-state index in [1.807, 2.05) is 0 Å². The van der Waals surface area contributed by atoms with Gasteiger partial charge >= 0.3 is 5.97 Å². The van der Waals surface area contributed by atoms with Gasteiger partial charge in [0.15, 0.2) is 0 Å². The van der Waals surface area contributed by atoms with Crippen molar-refractivity contribution in [2.75, 3.05) is 6.61 Å². The number of carbonyl (C=O) groups is 1. The summed E-state index contributed by atoms with van der Waals surface area (Å²) in [5.41, 5.74) is 4.28.